The van der Waals surface area contributed by atoms with E-state index in [1.807, 2.05) is 32.9 Å². The molecule has 0 radical (unpaired) electrons. The summed E-state index contributed by atoms with van der Waals surface area (Å²) in [6, 6.07) is 7.94. The molecule has 1 aliphatic rings. The molecule has 0 amide bonds. The van der Waals surface area contributed by atoms with Crippen LogP contribution in [0, 0.1) is 11.7 Å². The van der Waals surface area contributed by atoms with Crippen LogP contribution in [0.2, 0.25) is 0 Å². The lowest BCUT2D eigenvalue weighted by Gasteiger charge is -2.13. The molecule has 140 valence electrons. The fourth-order valence-electron chi connectivity index (χ4n) is 3.45. The minimum atomic E-state index is -3.56. The van der Waals surface area contributed by atoms with Gasteiger partial charge in [0.2, 0.25) is 0 Å². The molecular formula is C20H25FN2O2S. The van der Waals surface area contributed by atoms with Crippen LogP contribution < -0.4 is 5.73 Å². The fourth-order valence-corrected chi connectivity index (χ4v) is 5.51. The van der Waals surface area contributed by atoms with Gasteiger partial charge in [0.15, 0.2) is 9.84 Å². The van der Waals surface area contributed by atoms with Crippen LogP contribution in [0.15, 0.2) is 35.2 Å². The molecule has 4 nitrogen and oxygen atoms in total. The average Bonchev–Trinajstić information content (AvgIpc) is 3.32. The van der Waals surface area contributed by atoms with Crippen LogP contribution >= 0.6 is 0 Å². The first kappa shape index (κ1) is 18.8. The second-order valence-corrected chi connectivity index (χ2v) is 9.36. The lowest BCUT2D eigenvalue weighted by atomic mass is 10.0. The second-order valence-electron chi connectivity index (χ2n) is 7.35. The number of anilines is 1. The third-order valence-corrected chi connectivity index (χ3v) is 6.97. The van der Waals surface area contributed by atoms with Gasteiger partial charge in [-0.25, -0.2) is 17.8 Å². The Kier molecular flexibility index (Phi) is 5.06. The van der Waals surface area contributed by atoms with Crippen molar-refractivity contribution in [3.05, 3.63) is 53.0 Å². The summed E-state index contributed by atoms with van der Waals surface area (Å²) in [5, 5.41) is 0. The molecule has 2 unspecified atom stereocenters. The first-order valence-electron chi connectivity index (χ1n) is 9.00. The van der Waals surface area contributed by atoms with Gasteiger partial charge in [-0.15, -0.1) is 0 Å². The van der Waals surface area contributed by atoms with E-state index in [0.717, 1.165) is 30.2 Å². The van der Waals surface area contributed by atoms with Crippen molar-refractivity contribution in [3.63, 3.8) is 0 Å². The van der Waals surface area contributed by atoms with E-state index >= 15 is 0 Å². The molecule has 0 bridgehead atoms. The zero-order valence-electron chi connectivity index (χ0n) is 15.4. The predicted molar refractivity (Wildman–Crippen MR) is 101 cm³/mol. The van der Waals surface area contributed by atoms with E-state index in [9.17, 15) is 12.8 Å². The van der Waals surface area contributed by atoms with Crippen LogP contribution in [0.5, 0.6) is 0 Å². The molecule has 0 saturated heterocycles. The molecule has 1 aliphatic carbocycles. The Balaban J connectivity index is 1.80. The third kappa shape index (κ3) is 3.75. The maximum absolute atomic E-state index is 13.7. The van der Waals surface area contributed by atoms with Gasteiger partial charge in [-0.2, -0.15) is 0 Å². The van der Waals surface area contributed by atoms with Crippen molar-refractivity contribution < 1.29 is 12.8 Å². The lowest BCUT2D eigenvalue weighted by molar-refractivity contribution is 0.583. The summed E-state index contributed by atoms with van der Waals surface area (Å²) in [6.07, 6.45) is 1.59. The summed E-state index contributed by atoms with van der Waals surface area (Å²) >= 11 is 0. The summed E-state index contributed by atoms with van der Waals surface area (Å²) in [7, 11) is -3.56. The van der Waals surface area contributed by atoms with Gasteiger partial charge < -0.3 is 5.73 Å². The topological polar surface area (TPSA) is 73.0 Å². The molecule has 1 fully saturated rings. The number of hydrogen-bond acceptors (Lipinski definition) is 4. The summed E-state index contributed by atoms with van der Waals surface area (Å²) < 4.78 is 39.4. The Morgan fingerprint density at radius 3 is 2.62 bits per heavy atom. The van der Waals surface area contributed by atoms with Crippen molar-refractivity contribution in [1.29, 1.82) is 0 Å². The lowest BCUT2D eigenvalue weighted by Crippen LogP contribution is -2.13. The second kappa shape index (κ2) is 6.99. The number of aryl methyl sites for hydroxylation is 1. The van der Waals surface area contributed by atoms with E-state index in [2.05, 4.69) is 4.98 Å². The van der Waals surface area contributed by atoms with Gasteiger partial charge in [0.25, 0.3) is 0 Å². The Morgan fingerprint density at radius 2 is 2.00 bits per heavy atom. The number of aromatic nitrogens is 1. The van der Waals surface area contributed by atoms with Gasteiger partial charge in [-0.3, -0.25) is 0 Å². The smallest absolute Gasteiger partial charge is 0.179 e. The minimum absolute atomic E-state index is 0.00246. The highest BCUT2D eigenvalue weighted by Gasteiger charge is 2.43. The summed E-state index contributed by atoms with van der Waals surface area (Å²) in [5.74, 6) is 0.128. The maximum Gasteiger partial charge on any atom is 0.179 e. The molecule has 1 aromatic carbocycles. The van der Waals surface area contributed by atoms with Crippen molar-refractivity contribution in [2.24, 2.45) is 5.92 Å². The normalized spacial score (nSPS) is 19.7. The first-order valence-corrected chi connectivity index (χ1v) is 10.7. The van der Waals surface area contributed by atoms with Crippen LogP contribution in [-0.4, -0.2) is 19.2 Å². The molecule has 26 heavy (non-hydrogen) atoms. The van der Waals surface area contributed by atoms with Crippen LogP contribution in [0.1, 0.15) is 55.8 Å². The van der Waals surface area contributed by atoms with E-state index in [4.69, 9.17) is 5.73 Å². The van der Waals surface area contributed by atoms with Crippen LogP contribution in [0.25, 0.3) is 0 Å². The Morgan fingerprint density at radius 1 is 1.27 bits per heavy atom. The average molecular weight is 376 g/mol. The monoisotopic (exact) mass is 376 g/mol. The van der Waals surface area contributed by atoms with Gasteiger partial charge in [0.05, 0.1) is 10.6 Å². The standard InChI is InChI=1S/C20H25FN2O2S/c1-4-13-5-8-18(23-20(13)22)17-9-14(17)11-26(24,25)19-10-15(21)6-7-16(19)12(2)3/h5-8,10,12,14,17H,4,9,11H2,1-3H3,(H2,22,23). The van der Waals surface area contributed by atoms with Crippen molar-refractivity contribution in [3.8, 4) is 0 Å². The SMILES string of the molecule is CCc1ccc(C2CC2CS(=O)(=O)c2cc(F)ccc2C(C)C)nc1N. The summed E-state index contributed by atoms with van der Waals surface area (Å²) in [6.45, 7) is 5.84. The van der Waals surface area contributed by atoms with Crippen molar-refractivity contribution in [2.45, 2.75) is 50.3 Å². The number of hydrogen-bond donors (Lipinski definition) is 1. The first-order chi connectivity index (χ1) is 12.2. The van der Waals surface area contributed by atoms with E-state index in [1.54, 1.807) is 6.07 Å². The highest BCUT2D eigenvalue weighted by molar-refractivity contribution is 7.91. The minimum Gasteiger partial charge on any atom is -0.383 e. The fraction of sp³-hybridized carbons (Fsp3) is 0.450. The van der Waals surface area contributed by atoms with Gasteiger partial charge in [-0.1, -0.05) is 32.9 Å². The molecule has 2 N–H and O–H groups in total. The zero-order valence-corrected chi connectivity index (χ0v) is 16.2. The molecule has 2 aromatic rings. The highest BCUT2D eigenvalue weighted by atomic mass is 32.2. The molecule has 1 aromatic heterocycles. The van der Waals surface area contributed by atoms with Gasteiger partial charge >= 0.3 is 0 Å². The van der Waals surface area contributed by atoms with E-state index < -0.39 is 15.7 Å². The molecule has 2 atom stereocenters. The molecule has 0 aliphatic heterocycles. The number of benzene rings is 1. The molecule has 1 heterocycles. The van der Waals surface area contributed by atoms with Crippen LogP contribution in [0.4, 0.5) is 10.2 Å². The van der Waals surface area contributed by atoms with Crippen molar-refractivity contribution >= 4 is 15.7 Å². The van der Waals surface area contributed by atoms with E-state index in [1.165, 1.54) is 6.07 Å². The molecular weight excluding hydrogens is 351 g/mol. The third-order valence-electron chi connectivity index (χ3n) is 5.08. The number of rotatable bonds is 6. The van der Waals surface area contributed by atoms with Crippen molar-refractivity contribution in [1.82, 2.24) is 4.98 Å². The molecule has 1 saturated carbocycles. The maximum atomic E-state index is 13.7. The van der Waals surface area contributed by atoms with Gasteiger partial charge in [0.1, 0.15) is 11.6 Å². The predicted octanol–water partition coefficient (Wildman–Crippen LogP) is 4.07. The largest absolute Gasteiger partial charge is 0.383 e. The van der Waals surface area contributed by atoms with Gasteiger partial charge in [-0.05, 0) is 54.0 Å². The molecule has 0 spiro atoms. The van der Waals surface area contributed by atoms with Crippen molar-refractivity contribution in [2.75, 3.05) is 11.5 Å². The Hall–Kier alpha value is -1.95. The zero-order chi connectivity index (χ0) is 19.1. The summed E-state index contributed by atoms with van der Waals surface area (Å²) in [4.78, 5) is 4.56. The Labute approximate surface area is 154 Å². The number of nitrogens with zero attached hydrogens (tertiary/aromatic N) is 1. The number of halogens is 1. The Bertz CT molecular complexity index is 925. The number of pyridine rings is 1. The van der Waals surface area contributed by atoms with E-state index in [0.29, 0.717) is 11.4 Å². The number of nitrogen functional groups attached to an aromatic ring is 1. The van der Waals surface area contributed by atoms with Gasteiger partial charge in [0, 0.05) is 11.6 Å². The molecule has 6 heteroatoms. The van der Waals surface area contributed by atoms with E-state index in [-0.39, 0.29) is 28.4 Å². The number of nitrogens with two attached hydrogens (primary N) is 1. The highest BCUT2D eigenvalue weighted by Crippen LogP contribution is 2.48. The van der Waals surface area contributed by atoms with Crippen LogP contribution in [0.3, 0.4) is 0 Å². The van der Waals surface area contributed by atoms with Crippen LogP contribution in [-0.2, 0) is 16.3 Å². The number of sulfone groups is 1. The summed E-state index contributed by atoms with van der Waals surface area (Å²) in [5.41, 5.74) is 8.48. The molecule has 3 rings (SSSR count). The quantitative estimate of drug-likeness (QED) is 0.825.